The molecule has 0 spiro atoms. The van der Waals surface area contributed by atoms with Gasteiger partial charge in [0, 0.05) is 0 Å². The summed E-state index contributed by atoms with van der Waals surface area (Å²) in [5.41, 5.74) is 0. The van der Waals surface area contributed by atoms with Gasteiger partial charge in [-0.2, -0.15) is 0 Å². The van der Waals surface area contributed by atoms with E-state index in [0.29, 0.717) is 11.1 Å². The molecular formula is C25H34OSe. The molecule has 0 amide bonds. The normalized spacial score (nSPS) is 11.7. The maximum absolute atomic E-state index is 11.9. The molecule has 1 aromatic carbocycles. The van der Waals surface area contributed by atoms with Gasteiger partial charge in [0.05, 0.1) is 0 Å². The predicted molar refractivity (Wildman–Crippen MR) is 121 cm³/mol. The van der Waals surface area contributed by atoms with Crippen molar-refractivity contribution < 1.29 is 4.79 Å². The van der Waals surface area contributed by atoms with Gasteiger partial charge in [-0.05, 0) is 19.3 Å². The molecule has 0 bridgehead atoms. The van der Waals surface area contributed by atoms with E-state index in [2.05, 4.69) is 43.0 Å². The average molecular weight is 430 g/mol. The molecule has 2 heteroatoms. The summed E-state index contributed by atoms with van der Waals surface area (Å²) < 4.78 is 1.58. The van der Waals surface area contributed by atoms with Crippen LogP contribution in [0, 0.1) is 0 Å². The van der Waals surface area contributed by atoms with Crippen LogP contribution in [0.2, 0.25) is 0 Å². The van der Waals surface area contributed by atoms with Crippen LogP contribution in [-0.2, 0) is 4.79 Å². The Kier molecular flexibility index (Phi) is 15.4. The molecule has 0 aliphatic rings. The van der Waals surface area contributed by atoms with Crippen LogP contribution in [0.4, 0.5) is 0 Å². The summed E-state index contributed by atoms with van der Waals surface area (Å²) in [5, 5.41) is 0. The van der Waals surface area contributed by atoms with Gasteiger partial charge in [0.2, 0.25) is 0 Å². The van der Waals surface area contributed by atoms with Crippen molar-refractivity contribution >= 4 is 24.1 Å². The molecule has 1 rings (SSSR count). The van der Waals surface area contributed by atoms with Gasteiger partial charge < -0.3 is 0 Å². The fraction of sp³-hybridized carbons (Fsp3) is 0.400. The summed E-state index contributed by atoms with van der Waals surface area (Å²) in [6.07, 6.45) is 26.2. The van der Waals surface area contributed by atoms with Crippen molar-refractivity contribution in [3.8, 4) is 0 Å². The van der Waals surface area contributed by atoms with Gasteiger partial charge in [0.1, 0.15) is 0 Å². The maximum atomic E-state index is 11.9. The van der Waals surface area contributed by atoms with E-state index < -0.39 is 0 Å². The monoisotopic (exact) mass is 430 g/mol. The number of carbonyl (C=O) groups excluding carboxylic acids is 1. The molecule has 146 valence electrons. The zero-order valence-electron chi connectivity index (χ0n) is 16.5. The van der Waals surface area contributed by atoms with E-state index in [4.69, 9.17) is 0 Å². The van der Waals surface area contributed by atoms with E-state index >= 15 is 0 Å². The van der Waals surface area contributed by atoms with Crippen LogP contribution in [0.1, 0.15) is 64.2 Å². The molecule has 0 saturated carbocycles. The predicted octanol–water partition coefficient (Wildman–Crippen LogP) is 6.30. The Balaban J connectivity index is 1.92. The zero-order valence-corrected chi connectivity index (χ0v) is 18.2. The molecule has 0 heterocycles. The van der Waals surface area contributed by atoms with Gasteiger partial charge in [-0.3, -0.25) is 0 Å². The minimum atomic E-state index is -0.0173. The molecule has 0 fully saturated rings. The Morgan fingerprint density at radius 2 is 1.26 bits per heavy atom. The molecule has 0 aromatic heterocycles. The number of allylic oxidation sites excluding steroid dienone is 7. The van der Waals surface area contributed by atoms with Gasteiger partial charge in [-0.15, -0.1) is 6.58 Å². The van der Waals surface area contributed by atoms with E-state index in [9.17, 15) is 4.79 Å². The molecular weight excluding hydrogens is 395 g/mol. The van der Waals surface area contributed by atoms with Crippen LogP contribution in [0.15, 0.2) is 79.4 Å². The van der Waals surface area contributed by atoms with Gasteiger partial charge in [-0.1, -0.05) is 18.2 Å². The minimum absolute atomic E-state index is 0.0173. The number of hydrogen-bond donors (Lipinski definition) is 0. The third-order valence-electron chi connectivity index (χ3n) is 4.01. The molecule has 1 nitrogen and oxygen atoms in total. The van der Waals surface area contributed by atoms with Crippen molar-refractivity contribution in [3.05, 3.63) is 79.4 Å². The van der Waals surface area contributed by atoms with Crippen molar-refractivity contribution in [2.45, 2.75) is 64.2 Å². The molecule has 0 atom stereocenters. The van der Waals surface area contributed by atoms with E-state index in [-0.39, 0.29) is 15.0 Å². The third kappa shape index (κ3) is 15.2. The standard InChI is InChI=1S/C25H34OSe/c1-2-3-4-5-6-7-8-9-10-11-12-13-14-15-16-20-23-25(26)27-24-21-18-17-19-22-24/h2,6-7,10-11,14-15,17-19,21-22H,1,3-5,8-9,12-13,16,20,23H2/b7-6+,11-10+,15-14-. The van der Waals surface area contributed by atoms with E-state index in [1.54, 1.807) is 0 Å². The van der Waals surface area contributed by atoms with Gasteiger partial charge in [0.25, 0.3) is 0 Å². The molecule has 0 N–H and O–H groups in total. The summed E-state index contributed by atoms with van der Waals surface area (Å²) >= 11 is -0.0173. The number of unbranched alkanes of at least 4 members (excludes halogenated alkanes) is 5. The van der Waals surface area contributed by atoms with E-state index in [0.717, 1.165) is 44.9 Å². The SMILES string of the molecule is C=CCCC/C=C/CC/C=C/CC/C=C\CCCC(=O)[Se]c1ccccc1. The van der Waals surface area contributed by atoms with Crippen LogP contribution in [0.25, 0.3) is 0 Å². The van der Waals surface area contributed by atoms with E-state index in [1.807, 2.05) is 36.4 Å². The summed E-state index contributed by atoms with van der Waals surface area (Å²) in [6, 6.07) is 10.1. The van der Waals surface area contributed by atoms with Crippen LogP contribution >= 0.6 is 0 Å². The fourth-order valence-corrected chi connectivity index (χ4v) is 4.19. The van der Waals surface area contributed by atoms with Crippen molar-refractivity contribution in [2.24, 2.45) is 0 Å². The Morgan fingerprint density at radius 3 is 1.81 bits per heavy atom. The molecule has 0 aliphatic carbocycles. The van der Waals surface area contributed by atoms with Crippen molar-refractivity contribution in [3.63, 3.8) is 0 Å². The van der Waals surface area contributed by atoms with Crippen LogP contribution in [0.5, 0.6) is 0 Å². The molecule has 0 unspecified atom stereocenters. The third-order valence-corrected chi connectivity index (χ3v) is 5.98. The molecule has 0 saturated heterocycles. The Labute approximate surface area is 172 Å². The molecule has 27 heavy (non-hydrogen) atoms. The number of hydrogen-bond acceptors (Lipinski definition) is 1. The second-order valence-corrected chi connectivity index (χ2v) is 8.84. The first kappa shape index (κ1) is 23.4. The van der Waals surface area contributed by atoms with Crippen molar-refractivity contribution in [2.75, 3.05) is 0 Å². The summed E-state index contributed by atoms with van der Waals surface area (Å²) in [5.74, 6) is 0. The quantitative estimate of drug-likeness (QED) is 0.171. The average Bonchev–Trinajstić information content (AvgIpc) is 2.68. The van der Waals surface area contributed by atoms with Gasteiger partial charge in [-0.25, -0.2) is 0 Å². The molecule has 0 radical (unpaired) electrons. The first-order chi connectivity index (χ1) is 13.3. The zero-order chi connectivity index (χ0) is 19.4. The number of rotatable bonds is 16. The van der Waals surface area contributed by atoms with Gasteiger partial charge in [0.15, 0.2) is 0 Å². The topological polar surface area (TPSA) is 17.1 Å². The Hall–Kier alpha value is -1.63. The van der Waals surface area contributed by atoms with Crippen LogP contribution < -0.4 is 4.46 Å². The number of benzene rings is 1. The van der Waals surface area contributed by atoms with Crippen LogP contribution in [-0.4, -0.2) is 19.6 Å². The molecule has 0 aliphatic heterocycles. The van der Waals surface area contributed by atoms with Crippen molar-refractivity contribution in [1.82, 2.24) is 0 Å². The van der Waals surface area contributed by atoms with E-state index in [1.165, 1.54) is 17.3 Å². The first-order valence-corrected chi connectivity index (χ1v) is 11.9. The summed E-state index contributed by atoms with van der Waals surface area (Å²) in [6.45, 7) is 3.73. The summed E-state index contributed by atoms with van der Waals surface area (Å²) in [7, 11) is 0. The second kappa shape index (κ2) is 17.8. The Bertz CT molecular complexity index is 584. The second-order valence-electron chi connectivity index (χ2n) is 6.47. The van der Waals surface area contributed by atoms with Crippen LogP contribution in [0.3, 0.4) is 0 Å². The fourth-order valence-electron chi connectivity index (χ4n) is 2.51. The first-order valence-electron chi connectivity index (χ1n) is 10.1. The Morgan fingerprint density at radius 1 is 0.741 bits per heavy atom. The molecule has 1 aromatic rings. The van der Waals surface area contributed by atoms with Gasteiger partial charge >= 0.3 is 128 Å². The van der Waals surface area contributed by atoms with Crippen molar-refractivity contribution in [1.29, 1.82) is 0 Å². The number of carbonyl (C=O) groups is 1. The summed E-state index contributed by atoms with van der Waals surface area (Å²) in [4.78, 5) is 11.9.